The first-order valence-corrected chi connectivity index (χ1v) is 8.92. The Morgan fingerprint density at radius 2 is 1.85 bits per heavy atom. The van der Waals surface area contributed by atoms with E-state index in [2.05, 4.69) is 9.97 Å². The fourth-order valence-electron chi connectivity index (χ4n) is 3.27. The Labute approximate surface area is 154 Å². The van der Waals surface area contributed by atoms with Gasteiger partial charge in [-0.15, -0.1) is 0 Å². The molecule has 3 aromatic heterocycles. The number of furan rings is 1. The summed E-state index contributed by atoms with van der Waals surface area (Å²) in [6.45, 7) is 4.80. The zero-order valence-electron chi connectivity index (χ0n) is 15.2. The van der Waals surface area contributed by atoms with E-state index < -0.39 is 11.2 Å². The molecule has 7 heteroatoms. The quantitative estimate of drug-likeness (QED) is 0.590. The number of imidazole rings is 1. The molecule has 0 unspecified atom stereocenters. The molecule has 0 saturated heterocycles. The van der Waals surface area contributed by atoms with Crippen molar-refractivity contribution < 1.29 is 4.42 Å². The van der Waals surface area contributed by atoms with Gasteiger partial charge in [-0.3, -0.25) is 14.3 Å². The maximum absolute atomic E-state index is 12.6. The lowest BCUT2D eigenvalue weighted by Gasteiger charge is -2.07. The highest BCUT2D eigenvalue weighted by molar-refractivity contribution is 5.75. The molecule has 27 heavy (non-hydrogen) atoms. The first-order chi connectivity index (χ1) is 13.1. The minimum Gasteiger partial charge on any atom is -0.458 e. The van der Waals surface area contributed by atoms with Gasteiger partial charge in [-0.25, -0.2) is 9.78 Å². The summed E-state index contributed by atoms with van der Waals surface area (Å²) in [4.78, 5) is 32.2. The number of aromatic nitrogens is 4. The summed E-state index contributed by atoms with van der Waals surface area (Å²) >= 11 is 0. The number of aromatic amines is 1. The number of fused-ring (bicyclic) bond motifs is 1. The van der Waals surface area contributed by atoms with Crippen molar-refractivity contribution in [1.29, 1.82) is 0 Å². The standard InChI is InChI=1S/C20H20N4O3/c1-3-11-23-16-18(21-17(23)15-10-9-13(2)27-15)24(20(26)22-19(16)25)12-14-7-5-4-6-8-14/h4-10H,3,11-12H2,1-2H3,(H,22,25,26). The van der Waals surface area contributed by atoms with E-state index in [0.717, 1.165) is 17.7 Å². The zero-order chi connectivity index (χ0) is 19.0. The van der Waals surface area contributed by atoms with Crippen LogP contribution in [0.5, 0.6) is 0 Å². The van der Waals surface area contributed by atoms with Crippen molar-refractivity contribution in [3.05, 3.63) is 74.6 Å². The fraction of sp³-hybridized carbons (Fsp3) is 0.250. The highest BCUT2D eigenvalue weighted by Gasteiger charge is 2.21. The van der Waals surface area contributed by atoms with Crippen LogP contribution in [0.1, 0.15) is 24.7 Å². The van der Waals surface area contributed by atoms with Gasteiger partial charge in [-0.2, -0.15) is 0 Å². The number of nitrogens with one attached hydrogen (secondary N) is 1. The van der Waals surface area contributed by atoms with Gasteiger partial charge in [0.2, 0.25) is 0 Å². The maximum atomic E-state index is 12.6. The van der Waals surface area contributed by atoms with E-state index in [4.69, 9.17) is 4.42 Å². The SMILES string of the molecule is CCCn1c(-c2ccc(C)o2)nc2c1c(=O)[nH]c(=O)n2Cc1ccccc1. The summed E-state index contributed by atoms with van der Waals surface area (Å²) in [5.74, 6) is 1.89. The van der Waals surface area contributed by atoms with Gasteiger partial charge >= 0.3 is 5.69 Å². The molecule has 0 aliphatic rings. The number of aryl methyl sites for hydroxylation is 2. The molecule has 0 saturated carbocycles. The van der Waals surface area contributed by atoms with Crippen LogP contribution >= 0.6 is 0 Å². The van der Waals surface area contributed by atoms with E-state index in [-0.39, 0.29) is 0 Å². The molecule has 0 spiro atoms. The Bertz CT molecular complexity index is 1210. The highest BCUT2D eigenvalue weighted by Crippen LogP contribution is 2.25. The molecule has 0 atom stereocenters. The minimum atomic E-state index is -0.473. The van der Waals surface area contributed by atoms with Gasteiger partial charge in [-0.05, 0) is 31.0 Å². The third kappa shape index (κ3) is 3.01. The van der Waals surface area contributed by atoms with Gasteiger partial charge in [0.05, 0.1) is 6.54 Å². The average Bonchev–Trinajstić information content (AvgIpc) is 3.24. The van der Waals surface area contributed by atoms with Crippen LogP contribution in [0, 0.1) is 6.92 Å². The van der Waals surface area contributed by atoms with Gasteiger partial charge in [0.1, 0.15) is 5.76 Å². The summed E-state index contributed by atoms with van der Waals surface area (Å²) < 4.78 is 9.06. The summed E-state index contributed by atoms with van der Waals surface area (Å²) in [6, 6.07) is 13.3. The molecule has 7 nitrogen and oxygen atoms in total. The molecule has 0 fully saturated rings. The third-order valence-electron chi connectivity index (χ3n) is 4.48. The number of rotatable bonds is 5. The molecule has 4 aromatic rings. The van der Waals surface area contributed by atoms with Crippen molar-refractivity contribution in [2.45, 2.75) is 33.4 Å². The van der Waals surface area contributed by atoms with Gasteiger partial charge in [0.25, 0.3) is 5.56 Å². The monoisotopic (exact) mass is 364 g/mol. The number of H-pyrrole nitrogens is 1. The molecule has 0 radical (unpaired) electrons. The molecule has 1 aromatic carbocycles. The molecular weight excluding hydrogens is 344 g/mol. The summed E-state index contributed by atoms with van der Waals surface area (Å²) in [6.07, 6.45) is 0.815. The van der Waals surface area contributed by atoms with E-state index in [1.807, 2.05) is 60.9 Å². The molecule has 0 bridgehead atoms. The first-order valence-electron chi connectivity index (χ1n) is 8.92. The average molecular weight is 364 g/mol. The van der Waals surface area contributed by atoms with Crippen LogP contribution in [0.2, 0.25) is 0 Å². The van der Waals surface area contributed by atoms with E-state index in [9.17, 15) is 9.59 Å². The first kappa shape index (κ1) is 17.1. The molecule has 0 aliphatic carbocycles. The van der Waals surface area contributed by atoms with Crippen molar-refractivity contribution in [2.24, 2.45) is 0 Å². The number of hydrogen-bond acceptors (Lipinski definition) is 4. The molecule has 0 amide bonds. The smallest absolute Gasteiger partial charge is 0.330 e. The zero-order valence-corrected chi connectivity index (χ0v) is 15.2. The Balaban J connectivity index is 2.00. The van der Waals surface area contributed by atoms with Crippen molar-refractivity contribution in [3.63, 3.8) is 0 Å². The molecule has 4 rings (SSSR count). The van der Waals surface area contributed by atoms with Crippen LogP contribution in [0.25, 0.3) is 22.7 Å². The fourth-order valence-corrected chi connectivity index (χ4v) is 3.27. The van der Waals surface area contributed by atoms with E-state index in [1.165, 1.54) is 4.57 Å². The van der Waals surface area contributed by atoms with Crippen LogP contribution in [0.3, 0.4) is 0 Å². The molecular formula is C20H20N4O3. The number of nitrogens with zero attached hydrogens (tertiary/aromatic N) is 3. The Kier molecular flexibility index (Phi) is 4.27. The molecule has 1 N–H and O–H groups in total. The van der Waals surface area contributed by atoms with Crippen LogP contribution < -0.4 is 11.2 Å². The van der Waals surface area contributed by atoms with Gasteiger partial charge in [0.15, 0.2) is 22.7 Å². The Morgan fingerprint density at radius 1 is 1.07 bits per heavy atom. The topological polar surface area (TPSA) is 85.8 Å². The second kappa shape index (κ2) is 6.75. The lowest BCUT2D eigenvalue weighted by molar-refractivity contribution is 0.538. The normalized spacial score (nSPS) is 11.3. The van der Waals surface area contributed by atoms with Crippen molar-refractivity contribution >= 4 is 11.2 Å². The Hall–Kier alpha value is -3.35. The van der Waals surface area contributed by atoms with Gasteiger partial charge in [0, 0.05) is 6.54 Å². The third-order valence-corrected chi connectivity index (χ3v) is 4.48. The van der Waals surface area contributed by atoms with Gasteiger partial charge in [-0.1, -0.05) is 37.3 Å². The molecule has 138 valence electrons. The summed E-state index contributed by atoms with van der Waals surface area (Å²) in [7, 11) is 0. The van der Waals surface area contributed by atoms with Crippen LogP contribution in [-0.2, 0) is 13.1 Å². The predicted molar refractivity (Wildman–Crippen MR) is 103 cm³/mol. The highest BCUT2D eigenvalue weighted by atomic mass is 16.3. The van der Waals surface area contributed by atoms with Crippen LogP contribution in [0.4, 0.5) is 0 Å². The lowest BCUT2D eigenvalue weighted by Crippen LogP contribution is -2.31. The van der Waals surface area contributed by atoms with Gasteiger partial charge < -0.3 is 8.98 Å². The largest absolute Gasteiger partial charge is 0.458 e. The lowest BCUT2D eigenvalue weighted by atomic mass is 10.2. The van der Waals surface area contributed by atoms with Crippen molar-refractivity contribution in [1.82, 2.24) is 19.1 Å². The summed E-state index contributed by atoms with van der Waals surface area (Å²) in [5.41, 5.74) is 0.796. The number of benzene rings is 1. The molecule has 3 heterocycles. The van der Waals surface area contributed by atoms with E-state index in [0.29, 0.717) is 35.8 Å². The molecule has 0 aliphatic heterocycles. The predicted octanol–water partition coefficient (Wildman–Crippen LogP) is 2.91. The Morgan fingerprint density at radius 3 is 2.52 bits per heavy atom. The van der Waals surface area contributed by atoms with Crippen LogP contribution in [0.15, 0.2) is 56.5 Å². The van der Waals surface area contributed by atoms with Crippen molar-refractivity contribution in [2.75, 3.05) is 0 Å². The summed E-state index contributed by atoms with van der Waals surface area (Å²) in [5, 5.41) is 0. The second-order valence-electron chi connectivity index (χ2n) is 6.50. The van der Waals surface area contributed by atoms with Crippen LogP contribution in [-0.4, -0.2) is 19.1 Å². The maximum Gasteiger partial charge on any atom is 0.330 e. The second-order valence-corrected chi connectivity index (χ2v) is 6.50. The van der Waals surface area contributed by atoms with E-state index >= 15 is 0 Å². The number of hydrogen-bond donors (Lipinski definition) is 1. The van der Waals surface area contributed by atoms with E-state index in [1.54, 1.807) is 0 Å². The van der Waals surface area contributed by atoms with Crippen molar-refractivity contribution in [3.8, 4) is 11.6 Å². The minimum absolute atomic E-state index is 0.326.